The van der Waals surface area contributed by atoms with Crippen molar-refractivity contribution in [2.75, 3.05) is 0 Å². The van der Waals surface area contributed by atoms with Crippen molar-refractivity contribution in [1.82, 2.24) is 9.97 Å². The first-order valence-electron chi connectivity index (χ1n) is 5.85. The molecule has 0 fully saturated rings. The molecule has 0 aliphatic heterocycles. The summed E-state index contributed by atoms with van der Waals surface area (Å²) in [5.41, 5.74) is 1.32. The Morgan fingerprint density at radius 3 is 2.06 bits per heavy atom. The molecule has 0 spiro atoms. The molecule has 0 saturated carbocycles. The molecular formula is C16H18N2. The van der Waals surface area contributed by atoms with Gasteiger partial charge in [-0.25, -0.2) is 0 Å². The minimum Gasteiger partial charge on any atom is -0.253 e. The predicted molar refractivity (Wildman–Crippen MR) is 77.3 cm³/mol. The molecule has 92 valence electrons. The number of hydrogen-bond donors (Lipinski definition) is 0. The van der Waals surface area contributed by atoms with Crippen molar-refractivity contribution in [1.29, 1.82) is 0 Å². The van der Waals surface area contributed by atoms with E-state index in [-0.39, 0.29) is 0 Å². The average Bonchev–Trinajstić information content (AvgIpc) is 2.41. The second kappa shape index (κ2) is 7.96. The zero-order valence-corrected chi connectivity index (χ0v) is 10.9. The lowest BCUT2D eigenvalue weighted by Gasteiger charge is -1.84. The monoisotopic (exact) mass is 238 g/mol. The number of aryl methyl sites for hydroxylation is 1. The molecule has 0 radical (unpaired) electrons. The van der Waals surface area contributed by atoms with Crippen molar-refractivity contribution >= 4 is 12.2 Å². The van der Waals surface area contributed by atoms with Crippen molar-refractivity contribution < 1.29 is 0 Å². The molecule has 1 aromatic carbocycles. The standard InChI is InChI=1S/C9H10N2.C7H8/c1-3-5-9-8(4-2)10-6-7-11-9;1-7-5-3-2-4-6-7/h3-7H,1H2,2H3;2-6H,1H3/b8-4+,9-5+;. The number of allylic oxidation sites excluding steroid dienone is 1. The minimum absolute atomic E-state index is 0.866. The Bertz CT molecular complexity index is 586. The Kier molecular flexibility index (Phi) is 6.12. The summed E-state index contributed by atoms with van der Waals surface area (Å²) in [4.78, 5) is 8.24. The van der Waals surface area contributed by atoms with Gasteiger partial charge in [0.1, 0.15) is 0 Å². The molecule has 0 aliphatic carbocycles. The van der Waals surface area contributed by atoms with Crippen LogP contribution in [-0.2, 0) is 0 Å². The highest BCUT2D eigenvalue weighted by Crippen LogP contribution is 1.92. The lowest BCUT2D eigenvalue weighted by Crippen LogP contribution is -2.29. The molecule has 0 amide bonds. The molecule has 0 unspecified atom stereocenters. The van der Waals surface area contributed by atoms with Crippen LogP contribution in [0.2, 0.25) is 0 Å². The third-order valence-electron chi connectivity index (χ3n) is 2.25. The molecular weight excluding hydrogens is 220 g/mol. The van der Waals surface area contributed by atoms with Crippen LogP contribution in [0.25, 0.3) is 12.2 Å². The van der Waals surface area contributed by atoms with Gasteiger partial charge in [0.05, 0.1) is 10.7 Å². The summed E-state index contributed by atoms with van der Waals surface area (Å²) in [7, 11) is 0. The first kappa shape index (κ1) is 13.8. The van der Waals surface area contributed by atoms with Gasteiger partial charge in [-0.15, -0.1) is 0 Å². The Morgan fingerprint density at radius 1 is 1.00 bits per heavy atom. The molecule has 18 heavy (non-hydrogen) atoms. The molecule has 2 heteroatoms. The van der Waals surface area contributed by atoms with Crippen molar-refractivity contribution in [2.24, 2.45) is 0 Å². The first-order valence-corrected chi connectivity index (χ1v) is 5.85. The van der Waals surface area contributed by atoms with Gasteiger partial charge in [0, 0.05) is 12.4 Å². The van der Waals surface area contributed by atoms with Crippen molar-refractivity contribution in [3.05, 3.63) is 71.6 Å². The molecule has 0 aliphatic rings. The number of aromatic nitrogens is 2. The average molecular weight is 238 g/mol. The van der Waals surface area contributed by atoms with Crippen molar-refractivity contribution in [3.63, 3.8) is 0 Å². The smallest absolute Gasteiger partial charge is 0.0883 e. The van der Waals surface area contributed by atoms with Crippen molar-refractivity contribution in [2.45, 2.75) is 13.8 Å². The van der Waals surface area contributed by atoms with Crippen LogP contribution in [0.3, 0.4) is 0 Å². The maximum Gasteiger partial charge on any atom is 0.0883 e. The zero-order valence-electron chi connectivity index (χ0n) is 10.9. The summed E-state index contributed by atoms with van der Waals surface area (Å²) in [6.07, 6.45) is 8.81. The van der Waals surface area contributed by atoms with Gasteiger partial charge in [0.15, 0.2) is 0 Å². The lowest BCUT2D eigenvalue weighted by molar-refractivity contribution is 1.10. The SMILES string of the molecule is C=C/C=c1/nccn/c1=C/C.Cc1ccccc1. The van der Waals surface area contributed by atoms with Gasteiger partial charge in [-0.1, -0.05) is 54.6 Å². The largest absolute Gasteiger partial charge is 0.253 e. The maximum atomic E-state index is 4.12. The molecule has 0 bridgehead atoms. The number of benzene rings is 1. The summed E-state index contributed by atoms with van der Waals surface area (Å²) in [5, 5.41) is 1.76. The number of nitrogens with zero attached hydrogens (tertiary/aromatic N) is 2. The van der Waals surface area contributed by atoms with Crippen LogP contribution in [0.5, 0.6) is 0 Å². The fourth-order valence-electron chi connectivity index (χ4n) is 1.36. The van der Waals surface area contributed by atoms with E-state index in [4.69, 9.17) is 0 Å². The van der Waals surface area contributed by atoms with Crippen LogP contribution < -0.4 is 10.7 Å². The Morgan fingerprint density at radius 2 is 1.61 bits per heavy atom. The number of rotatable bonds is 1. The molecule has 1 heterocycles. The zero-order chi connectivity index (χ0) is 13.2. The fraction of sp³-hybridized carbons (Fsp3) is 0.125. The molecule has 2 aromatic rings. The highest BCUT2D eigenvalue weighted by atomic mass is 14.7. The van der Waals surface area contributed by atoms with Gasteiger partial charge in [-0.2, -0.15) is 0 Å². The normalized spacial score (nSPS) is 11.7. The molecule has 0 saturated heterocycles. The molecule has 2 rings (SSSR count). The number of hydrogen-bond acceptors (Lipinski definition) is 2. The quantitative estimate of drug-likeness (QED) is 0.761. The summed E-state index contributed by atoms with van der Waals surface area (Å²) >= 11 is 0. The van der Waals surface area contributed by atoms with E-state index in [1.807, 2.05) is 37.3 Å². The summed E-state index contributed by atoms with van der Waals surface area (Å²) < 4.78 is 0. The van der Waals surface area contributed by atoms with Gasteiger partial charge in [-0.3, -0.25) is 9.97 Å². The van der Waals surface area contributed by atoms with E-state index >= 15 is 0 Å². The van der Waals surface area contributed by atoms with Crippen LogP contribution in [-0.4, -0.2) is 9.97 Å². The second-order valence-electron chi connectivity index (χ2n) is 3.67. The van der Waals surface area contributed by atoms with Crippen LogP contribution >= 0.6 is 0 Å². The van der Waals surface area contributed by atoms with Crippen molar-refractivity contribution in [3.8, 4) is 0 Å². The Balaban J connectivity index is 0.000000199. The third kappa shape index (κ3) is 4.74. The van der Waals surface area contributed by atoms with Crippen LogP contribution in [0, 0.1) is 6.92 Å². The van der Waals surface area contributed by atoms with Gasteiger partial charge in [0.25, 0.3) is 0 Å². The Labute approximate surface area is 108 Å². The highest BCUT2D eigenvalue weighted by molar-refractivity contribution is 5.33. The van der Waals surface area contributed by atoms with E-state index in [0.29, 0.717) is 0 Å². The summed E-state index contributed by atoms with van der Waals surface area (Å²) in [5.74, 6) is 0. The first-order chi connectivity index (χ1) is 8.77. The van der Waals surface area contributed by atoms with Gasteiger partial charge < -0.3 is 0 Å². The van der Waals surface area contributed by atoms with Crippen LogP contribution in [0.15, 0.2) is 55.4 Å². The Hall–Kier alpha value is -2.22. The van der Waals surface area contributed by atoms with E-state index in [9.17, 15) is 0 Å². The second-order valence-corrected chi connectivity index (χ2v) is 3.67. The lowest BCUT2D eigenvalue weighted by atomic mass is 10.2. The molecule has 0 N–H and O–H groups in total. The summed E-state index contributed by atoms with van der Waals surface area (Å²) in [6, 6.07) is 10.3. The van der Waals surface area contributed by atoms with E-state index in [2.05, 4.69) is 35.6 Å². The molecule has 2 nitrogen and oxygen atoms in total. The van der Waals surface area contributed by atoms with E-state index in [1.54, 1.807) is 18.5 Å². The summed E-state index contributed by atoms with van der Waals surface area (Å²) in [6.45, 7) is 7.61. The van der Waals surface area contributed by atoms with Gasteiger partial charge in [-0.05, 0) is 19.9 Å². The molecule has 0 atom stereocenters. The van der Waals surface area contributed by atoms with Crippen LogP contribution in [0.1, 0.15) is 12.5 Å². The topological polar surface area (TPSA) is 25.8 Å². The van der Waals surface area contributed by atoms with E-state index in [1.165, 1.54) is 5.56 Å². The van der Waals surface area contributed by atoms with Crippen LogP contribution in [0.4, 0.5) is 0 Å². The van der Waals surface area contributed by atoms with E-state index in [0.717, 1.165) is 10.7 Å². The fourth-order valence-corrected chi connectivity index (χ4v) is 1.36. The third-order valence-corrected chi connectivity index (χ3v) is 2.25. The predicted octanol–water partition coefficient (Wildman–Crippen LogP) is 2.24. The van der Waals surface area contributed by atoms with Gasteiger partial charge in [0.2, 0.25) is 0 Å². The van der Waals surface area contributed by atoms with Gasteiger partial charge >= 0.3 is 0 Å². The maximum absolute atomic E-state index is 4.12. The minimum atomic E-state index is 0.866. The van der Waals surface area contributed by atoms with E-state index < -0.39 is 0 Å². The molecule has 1 aromatic heterocycles. The highest BCUT2D eigenvalue weighted by Gasteiger charge is 1.80.